The lowest BCUT2D eigenvalue weighted by Gasteiger charge is -2.33. The molecule has 7 heteroatoms. The Bertz CT molecular complexity index is 1120. The SMILES string of the molecule is C#CCN(C(=O)c1cc(S(=O)(=O)N(C)c2ccccc2OC)ccc1C)C1CCCCC1. The number of terminal acetylenes is 1. The maximum Gasteiger partial charge on any atom is 0.264 e. The van der Waals surface area contributed by atoms with E-state index in [9.17, 15) is 13.2 Å². The second-order valence-corrected chi connectivity index (χ2v) is 10.0. The van der Waals surface area contributed by atoms with Crippen LogP contribution in [0.3, 0.4) is 0 Å². The number of benzene rings is 2. The number of para-hydroxylation sites is 2. The summed E-state index contributed by atoms with van der Waals surface area (Å²) in [6.07, 6.45) is 10.7. The molecule has 1 saturated carbocycles. The van der Waals surface area contributed by atoms with E-state index in [0.29, 0.717) is 22.6 Å². The van der Waals surface area contributed by atoms with Crippen LogP contribution in [-0.2, 0) is 10.0 Å². The van der Waals surface area contributed by atoms with Gasteiger partial charge in [-0.1, -0.05) is 43.4 Å². The molecule has 0 spiro atoms. The minimum absolute atomic E-state index is 0.0455. The first-order chi connectivity index (χ1) is 15.3. The van der Waals surface area contributed by atoms with Crippen LogP contribution in [0.1, 0.15) is 48.0 Å². The quantitative estimate of drug-likeness (QED) is 0.587. The van der Waals surface area contributed by atoms with E-state index in [2.05, 4.69) is 5.92 Å². The Morgan fingerprint density at radius 1 is 1.16 bits per heavy atom. The van der Waals surface area contributed by atoms with E-state index in [1.54, 1.807) is 35.2 Å². The van der Waals surface area contributed by atoms with Gasteiger partial charge in [-0.3, -0.25) is 9.10 Å². The van der Waals surface area contributed by atoms with Crippen molar-refractivity contribution in [3.63, 3.8) is 0 Å². The van der Waals surface area contributed by atoms with Crippen molar-refractivity contribution in [2.75, 3.05) is 25.0 Å². The third-order valence-corrected chi connectivity index (χ3v) is 7.83. The second kappa shape index (κ2) is 10.1. The number of carbonyl (C=O) groups is 1. The van der Waals surface area contributed by atoms with E-state index in [-0.39, 0.29) is 23.4 Å². The molecular formula is C25H30N2O4S. The highest BCUT2D eigenvalue weighted by Gasteiger charge is 2.29. The fraction of sp³-hybridized carbons (Fsp3) is 0.400. The van der Waals surface area contributed by atoms with Gasteiger partial charge in [-0.15, -0.1) is 6.42 Å². The molecule has 2 aromatic rings. The van der Waals surface area contributed by atoms with Gasteiger partial charge in [0.1, 0.15) is 5.75 Å². The summed E-state index contributed by atoms with van der Waals surface area (Å²) in [5, 5.41) is 0. The molecule has 1 aliphatic rings. The van der Waals surface area contributed by atoms with E-state index < -0.39 is 10.0 Å². The van der Waals surface area contributed by atoms with Crippen LogP contribution in [0.25, 0.3) is 0 Å². The summed E-state index contributed by atoms with van der Waals surface area (Å²) in [4.78, 5) is 15.2. The van der Waals surface area contributed by atoms with E-state index >= 15 is 0 Å². The van der Waals surface area contributed by atoms with Crippen LogP contribution >= 0.6 is 0 Å². The van der Waals surface area contributed by atoms with Crippen molar-refractivity contribution in [3.8, 4) is 18.1 Å². The molecule has 0 N–H and O–H groups in total. The molecule has 2 aromatic carbocycles. The Kier molecular flexibility index (Phi) is 7.47. The van der Waals surface area contributed by atoms with Crippen molar-refractivity contribution in [3.05, 3.63) is 53.6 Å². The zero-order valence-corrected chi connectivity index (χ0v) is 19.7. The summed E-state index contributed by atoms with van der Waals surface area (Å²) < 4.78 is 33.3. The van der Waals surface area contributed by atoms with Gasteiger partial charge in [-0.25, -0.2) is 8.42 Å². The first-order valence-corrected chi connectivity index (χ1v) is 12.2. The first kappa shape index (κ1) is 23.7. The molecule has 0 unspecified atom stereocenters. The summed E-state index contributed by atoms with van der Waals surface area (Å²) in [5.74, 6) is 2.82. The van der Waals surface area contributed by atoms with Crippen molar-refractivity contribution in [2.24, 2.45) is 0 Å². The fourth-order valence-electron chi connectivity index (χ4n) is 4.18. The third kappa shape index (κ3) is 4.76. The number of hydrogen-bond acceptors (Lipinski definition) is 4. The van der Waals surface area contributed by atoms with Crippen LogP contribution in [0.4, 0.5) is 5.69 Å². The maximum atomic E-state index is 13.5. The van der Waals surface area contributed by atoms with E-state index in [0.717, 1.165) is 32.1 Å². The minimum Gasteiger partial charge on any atom is -0.495 e. The standard InChI is InChI=1S/C25H30N2O4S/c1-5-17-27(20-11-7-6-8-12-20)25(28)22-18-21(16-15-19(22)2)32(29,30)26(3)23-13-9-10-14-24(23)31-4/h1,9-10,13-16,18,20H,6-8,11-12,17H2,2-4H3. The number of carbonyl (C=O) groups excluding carboxylic acids is 1. The summed E-state index contributed by atoms with van der Waals surface area (Å²) in [7, 11) is -0.951. The fourth-order valence-corrected chi connectivity index (χ4v) is 5.41. The molecule has 1 aliphatic carbocycles. The monoisotopic (exact) mass is 454 g/mol. The Hall–Kier alpha value is -2.98. The van der Waals surface area contributed by atoms with Gasteiger partial charge in [0.25, 0.3) is 15.9 Å². The van der Waals surface area contributed by atoms with E-state index in [1.165, 1.54) is 30.6 Å². The van der Waals surface area contributed by atoms with Gasteiger partial charge in [0.15, 0.2) is 0 Å². The molecule has 170 valence electrons. The molecule has 0 bridgehead atoms. The number of sulfonamides is 1. The molecule has 0 heterocycles. The molecule has 1 fully saturated rings. The Labute approximate surface area is 191 Å². The zero-order chi connectivity index (χ0) is 23.3. The first-order valence-electron chi connectivity index (χ1n) is 10.8. The molecule has 0 radical (unpaired) electrons. The topological polar surface area (TPSA) is 66.9 Å². The Balaban J connectivity index is 1.98. The number of anilines is 1. The number of ether oxygens (including phenoxy) is 1. The molecule has 0 aliphatic heterocycles. The molecule has 0 saturated heterocycles. The molecular weight excluding hydrogens is 424 g/mol. The predicted octanol–water partition coefficient (Wildman–Crippen LogP) is 4.24. The van der Waals surface area contributed by atoms with Crippen LogP contribution in [-0.4, -0.2) is 46.0 Å². The highest BCUT2D eigenvalue weighted by Crippen LogP contribution is 2.32. The number of methoxy groups -OCH3 is 1. The Morgan fingerprint density at radius 3 is 2.50 bits per heavy atom. The number of rotatable bonds is 7. The lowest BCUT2D eigenvalue weighted by atomic mass is 9.93. The number of nitrogens with zero attached hydrogens (tertiary/aromatic N) is 2. The van der Waals surface area contributed by atoms with Crippen LogP contribution in [0.2, 0.25) is 0 Å². The summed E-state index contributed by atoms with van der Waals surface area (Å²) in [6.45, 7) is 2.02. The highest BCUT2D eigenvalue weighted by molar-refractivity contribution is 7.92. The normalized spacial score (nSPS) is 14.4. The van der Waals surface area contributed by atoms with Crippen molar-refractivity contribution in [2.45, 2.75) is 50.0 Å². The van der Waals surface area contributed by atoms with Gasteiger partial charge in [-0.05, 0) is 49.6 Å². The lowest BCUT2D eigenvalue weighted by molar-refractivity contribution is 0.0666. The number of aryl methyl sites for hydroxylation is 1. The van der Waals surface area contributed by atoms with Gasteiger partial charge in [0.05, 0.1) is 24.2 Å². The predicted molar refractivity (Wildman–Crippen MR) is 127 cm³/mol. The van der Waals surface area contributed by atoms with Crippen LogP contribution in [0.5, 0.6) is 5.75 Å². The smallest absolute Gasteiger partial charge is 0.264 e. The summed E-state index contributed by atoms with van der Waals surface area (Å²) >= 11 is 0. The van der Waals surface area contributed by atoms with E-state index in [4.69, 9.17) is 11.2 Å². The average molecular weight is 455 g/mol. The van der Waals surface area contributed by atoms with Gasteiger partial charge in [0.2, 0.25) is 0 Å². The van der Waals surface area contributed by atoms with Crippen molar-refractivity contribution in [1.82, 2.24) is 4.90 Å². The molecule has 32 heavy (non-hydrogen) atoms. The molecule has 0 atom stereocenters. The highest BCUT2D eigenvalue weighted by atomic mass is 32.2. The van der Waals surface area contributed by atoms with Gasteiger partial charge < -0.3 is 9.64 Å². The summed E-state index contributed by atoms with van der Waals surface area (Å²) in [6, 6.07) is 11.6. The zero-order valence-electron chi connectivity index (χ0n) is 18.9. The second-order valence-electron chi connectivity index (χ2n) is 8.05. The largest absolute Gasteiger partial charge is 0.495 e. The summed E-state index contributed by atoms with van der Waals surface area (Å²) in [5.41, 5.74) is 1.49. The maximum absolute atomic E-state index is 13.5. The lowest BCUT2D eigenvalue weighted by Crippen LogP contribution is -2.42. The van der Waals surface area contributed by atoms with Crippen LogP contribution in [0, 0.1) is 19.3 Å². The average Bonchev–Trinajstić information content (AvgIpc) is 2.82. The van der Waals surface area contributed by atoms with Crippen LogP contribution in [0.15, 0.2) is 47.4 Å². The number of hydrogen-bond donors (Lipinski definition) is 0. The van der Waals surface area contributed by atoms with Gasteiger partial charge in [0, 0.05) is 18.7 Å². The molecule has 0 aromatic heterocycles. The number of amides is 1. The molecule has 6 nitrogen and oxygen atoms in total. The molecule has 3 rings (SSSR count). The van der Waals surface area contributed by atoms with Crippen LogP contribution < -0.4 is 9.04 Å². The van der Waals surface area contributed by atoms with Gasteiger partial charge >= 0.3 is 0 Å². The van der Waals surface area contributed by atoms with E-state index in [1.807, 2.05) is 6.92 Å². The minimum atomic E-state index is -3.92. The Morgan fingerprint density at radius 2 is 1.84 bits per heavy atom. The van der Waals surface area contributed by atoms with Gasteiger partial charge in [-0.2, -0.15) is 0 Å². The third-order valence-electron chi connectivity index (χ3n) is 6.06. The molecule has 1 amide bonds. The van der Waals surface area contributed by atoms with Crippen molar-refractivity contribution in [1.29, 1.82) is 0 Å². The van der Waals surface area contributed by atoms with Crippen molar-refractivity contribution < 1.29 is 17.9 Å². The van der Waals surface area contributed by atoms with Crippen molar-refractivity contribution >= 4 is 21.6 Å².